The van der Waals surface area contributed by atoms with Gasteiger partial charge in [-0.05, 0) is 30.0 Å². The average molecular weight is 273 g/mol. The molecule has 1 aromatic carbocycles. The largest absolute Gasteiger partial charge is 0.389 e. The van der Waals surface area contributed by atoms with E-state index in [0.717, 1.165) is 5.56 Å². The number of fused-ring (bicyclic) bond motifs is 1. The van der Waals surface area contributed by atoms with Crippen LogP contribution in [-0.2, 0) is 6.42 Å². The van der Waals surface area contributed by atoms with Gasteiger partial charge < -0.3 is 10.4 Å². The third-order valence-electron chi connectivity index (χ3n) is 3.14. The van der Waals surface area contributed by atoms with Crippen LogP contribution in [-0.4, -0.2) is 23.7 Å². The Morgan fingerprint density at radius 3 is 2.79 bits per heavy atom. The Morgan fingerprint density at radius 1 is 1.37 bits per heavy atom. The number of halogens is 3. The fraction of sp³-hybridized carbons (Fsp3) is 0.462. The van der Waals surface area contributed by atoms with Gasteiger partial charge in [-0.15, -0.1) is 0 Å². The zero-order chi connectivity index (χ0) is 14.0. The molecule has 0 saturated carbocycles. The lowest BCUT2D eigenvalue weighted by Gasteiger charge is -2.19. The highest BCUT2D eigenvalue weighted by molar-refractivity contribution is 5.96. The van der Waals surface area contributed by atoms with Crippen molar-refractivity contribution in [3.8, 4) is 0 Å². The third-order valence-corrected chi connectivity index (χ3v) is 3.14. The molecule has 1 heterocycles. The number of carbonyl (C=O) groups is 1. The highest BCUT2D eigenvalue weighted by Crippen LogP contribution is 2.28. The van der Waals surface area contributed by atoms with Gasteiger partial charge in [0.15, 0.2) is 0 Å². The lowest BCUT2D eigenvalue weighted by atomic mass is 9.95. The molecule has 6 heteroatoms. The molecule has 1 aromatic rings. The van der Waals surface area contributed by atoms with E-state index < -0.39 is 25.1 Å². The van der Waals surface area contributed by atoms with Gasteiger partial charge in [0.2, 0.25) is 0 Å². The first-order valence-electron chi connectivity index (χ1n) is 6.02. The van der Waals surface area contributed by atoms with Gasteiger partial charge in [-0.3, -0.25) is 4.79 Å². The summed E-state index contributed by atoms with van der Waals surface area (Å²) in [6.45, 7) is 0.557. The monoisotopic (exact) mass is 273 g/mol. The Balaban J connectivity index is 2.13. The molecule has 0 spiro atoms. The van der Waals surface area contributed by atoms with Crippen LogP contribution in [0.15, 0.2) is 18.2 Å². The number of amides is 1. The topological polar surface area (TPSA) is 49.3 Å². The maximum Gasteiger partial charge on any atom is 0.389 e. The summed E-state index contributed by atoms with van der Waals surface area (Å²) >= 11 is 0. The van der Waals surface area contributed by atoms with Gasteiger partial charge in [0.05, 0.1) is 6.10 Å². The van der Waals surface area contributed by atoms with Crippen molar-refractivity contribution in [1.82, 2.24) is 5.32 Å². The van der Waals surface area contributed by atoms with E-state index in [1.54, 1.807) is 12.1 Å². The van der Waals surface area contributed by atoms with Crippen molar-refractivity contribution in [3.63, 3.8) is 0 Å². The Bertz CT molecular complexity index is 485. The van der Waals surface area contributed by atoms with Crippen LogP contribution in [0.3, 0.4) is 0 Å². The van der Waals surface area contributed by atoms with Crippen molar-refractivity contribution in [1.29, 1.82) is 0 Å². The van der Waals surface area contributed by atoms with Crippen molar-refractivity contribution in [2.75, 3.05) is 6.54 Å². The molecule has 1 atom stereocenters. The van der Waals surface area contributed by atoms with Gasteiger partial charge in [0.1, 0.15) is 0 Å². The Morgan fingerprint density at radius 2 is 2.11 bits per heavy atom. The number of benzene rings is 1. The van der Waals surface area contributed by atoms with Crippen LogP contribution in [0.1, 0.15) is 40.4 Å². The minimum atomic E-state index is -4.29. The van der Waals surface area contributed by atoms with Crippen LogP contribution in [0.25, 0.3) is 0 Å². The standard InChI is InChI=1S/C13H14F3NO2/c14-13(15,16)5-3-11(18)9-2-1-8-4-6-17-12(19)10(8)7-9/h1-2,7,11,18H,3-6H2,(H,17,19). The number of carbonyl (C=O) groups excluding carboxylic acids is 1. The second kappa shape index (κ2) is 5.21. The molecule has 1 unspecified atom stereocenters. The highest BCUT2D eigenvalue weighted by Gasteiger charge is 2.28. The fourth-order valence-corrected chi connectivity index (χ4v) is 2.10. The smallest absolute Gasteiger partial charge is 0.388 e. The van der Waals surface area contributed by atoms with E-state index in [1.165, 1.54) is 6.07 Å². The zero-order valence-corrected chi connectivity index (χ0v) is 10.1. The number of aliphatic hydroxyl groups excluding tert-OH is 1. The van der Waals surface area contributed by atoms with E-state index in [0.29, 0.717) is 24.1 Å². The van der Waals surface area contributed by atoms with Crippen LogP contribution in [0, 0.1) is 0 Å². The first-order valence-corrected chi connectivity index (χ1v) is 6.02. The first kappa shape index (κ1) is 13.9. The summed E-state index contributed by atoms with van der Waals surface area (Å²) < 4.78 is 36.3. The SMILES string of the molecule is O=C1NCCc2ccc(C(O)CCC(F)(F)F)cc21. The molecular weight excluding hydrogens is 259 g/mol. The Kier molecular flexibility index (Phi) is 3.80. The molecule has 19 heavy (non-hydrogen) atoms. The van der Waals surface area contributed by atoms with Gasteiger partial charge in [-0.2, -0.15) is 13.2 Å². The minimum absolute atomic E-state index is 0.244. The first-order chi connectivity index (χ1) is 8.87. The Labute approximate surface area is 108 Å². The van der Waals surface area contributed by atoms with Crippen molar-refractivity contribution in [3.05, 3.63) is 34.9 Å². The van der Waals surface area contributed by atoms with Crippen LogP contribution in [0.5, 0.6) is 0 Å². The van der Waals surface area contributed by atoms with Crippen LogP contribution in [0.2, 0.25) is 0 Å². The van der Waals surface area contributed by atoms with Gasteiger partial charge >= 0.3 is 6.18 Å². The molecule has 0 bridgehead atoms. The predicted octanol–water partition coefficient (Wildman–Crippen LogP) is 2.35. The lowest BCUT2D eigenvalue weighted by molar-refractivity contribution is -0.140. The number of nitrogens with one attached hydrogen (secondary N) is 1. The van der Waals surface area contributed by atoms with E-state index >= 15 is 0 Å². The molecular formula is C13H14F3NO2. The molecule has 2 rings (SSSR count). The molecule has 1 amide bonds. The predicted molar refractivity (Wildman–Crippen MR) is 62.7 cm³/mol. The van der Waals surface area contributed by atoms with Gasteiger partial charge in [0.25, 0.3) is 5.91 Å². The molecule has 1 aliphatic heterocycles. The van der Waals surface area contributed by atoms with E-state index in [1.807, 2.05) is 0 Å². The number of hydrogen-bond donors (Lipinski definition) is 2. The highest BCUT2D eigenvalue weighted by atomic mass is 19.4. The van der Waals surface area contributed by atoms with Crippen molar-refractivity contribution in [2.45, 2.75) is 31.5 Å². The molecule has 0 fully saturated rings. The summed E-state index contributed by atoms with van der Waals surface area (Å²) in [5.41, 5.74) is 1.64. The quantitative estimate of drug-likeness (QED) is 0.888. The minimum Gasteiger partial charge on any atom is -0.388 e. The molecule has 0 aliphatic carbocycles. The third kappa shape index (κ3) is 3.47. The summed E-state index contributed by atoms with van der Waals surface area (Å²) in [4.78, 5) is 11.6. The van der Waals surface area contributed by atoms with E-state index in [2.05, 4.69) is 5.32 Å². The second-order valence-electron chi connectivity index (χ2n) is 4.59. The molecule has 3 nitrogen and oxygen atoms in total. The van der Waals surface area contributed by atoms with E-state index in [9.17, 15) is 23.1 Å². The van der Waals surface area contributed by atoms with E-state index in [4.69, 9.17) is 0 Å². The summed E-state index contributed by atoms with van der Waals surface area (Å²) in [6.07, 6.45) is -6.24. The second-order valence-corrected chi connectivity index (χ2v) is 4.59. The molecule has 1 aliphatic rings. The molecule has 0 saturated heterocycles. The molecule has 0 radical (unpaired) electrons. The van der Waals surface area contributed by atoms with E-state index in [-0.39, 0.29) is 5.91 Å². The number of rotatable bonds is 3. The van der Waals surface area contributed by atoms with Crippen molar-refractivity contribution < 1.29 is 23.1 Å². The summed E-state index contributed by atoms with van der Waals surface area (Å²) in [5, 5.41) is 12.4. The number of hydrogen-bond acceptors (Lipinski definition) is 2. The summed E-state index contributed by atoms with van der Waals surface area (Å²) in [6, 6.07) is 4.75. The van der Waals surface area contributed by atoms with Crippen LogP contribution >= 0.6 is 0 Å². The number of aliphatic hydroxyl groups is 1. The van der Waals surface area contributed by atoms with Gasteiger partial charge in [0, 0.05) is 18.5 Å². The normalized spacial score (nSPS) is 16.7. The summed E-state index contributed by atoms with van der Waals surface area (Å²) in [7, 11) is 0. The van der Waals surface area contributed by atoms with Crippen LogP contribution < -0.4 is 5.32 Å². The molecule has 104 valence electrons. The van der Waals surface area contributed by atoms with Gasteiger partial charge in [-0.25, -0.2) is 0 Å². The van der Waals surface area contributed by atoms with Crippen molar-refractivity contribution >= 4 is 5.91 Å². The zero-order valence-electron chi connectivity index (χ0n) is 10.1. The van der Waals surface area contributed by atoms with Gasteiger partial charge in [-0.1, -0.05) is 12.1 Å². The molecule has 2 N–H and O–H groups in total. The van der Waals surface area contributed by atoms with Crippen molar-refractivity contribution in [2.24, 2.45) is 0 Å². The molecule has 0 aromatic heterocycles. The average Bonchev–Trinajstić information content (AvgIpc) is 2.35. The maximum atomic E-state index is 12.1. The Hall–Kier alpha value is -1.56. The van der Waals surface area contributed by atoms with Crippen LogP contribution in [0.4, 0.5) is 13.2 Å². The number of alkyl halides is 3. The lowest BCUT2D eigenvalue weighted by Crippen LogP contribution is -2.31. The maximum absolute atomic E-state index is 12.1. The summed E-state index contributed by atoms with van der Waals surface area (Å²) in [5.74, 6) is -0.244. The fourth-order valence-electron chi connectivity index (χ4n) is 2.10.